The number of rotatable bonds is 3. The summed E-state index contributed by atoms with van der Waals surface area (Å²) in [6.45, 7) is 0. The molecular weight excluding hydrogens is 424 g/mol. The van der Waals surface area contributed by atoms with Gasteiger partial charge < -0.3 is 14.8 Å². The van der Waals surface area contributed by atoms with E-state index in [1.807, 2.05) is 71.4 Å². The van der Waals surface area contributed by atoms with Crippen LogP contribution in [-0.4, -0.2) is 21.9 Å². The lowest BCUT2D eigenvalue weighted by Gasteiger charge is -2.39. The number of nitrogens with zero attached hydrogens (tertiary/aromatic N) is 3. The molecule has 32 heavy (non-hydrogen) atoms. The lowest BCUT2D eigenvalue weighted by Crippen LogP contribution is -2.32. The fraction of sp³-hybridized carbons (Fsp3) is 0.120. The third-order valence-electron chi connectivity index (χ3n) is 5.93. The lowest BCUT2D eigenvalue weighted by molar-refractivity contribution is 0.217. The highest BCUT2D eigenvalue weighted by Gasteiger charge is 2.41. The van der Waals surface area contributed by atoms with E-state index in [0.29, 0.717) is 11.0 Å². The predicted molar refractivity (Wildman–Crippen MR) is 123 cm³/mol. The summed E-state index contributed by atoms with van der Waals surface area (Å²) >= 11 is 6.20. The van der Waals surface area contributed by atoms with Gasteiger partial charge in [-0.05, 0) is 35.9 Å². The van der Waals surface area contributed by atoms with Gasteiger partial charge in [0, 0.05) is 21.7 Å². The van der Waals surface area contributed by atoms with Gasteiger partial charge in [0.15, 0.2) is 6.10 Å². The van der Waals surface area contributed by atoms with E-state index in [4.69, 9.17) is 21.1 Å². The Morgan fingerprint density at radius 1 is 1.00 bits per heavy atom. The molecule has 7 heteroatoms. The Morgan fingerprint density at radius 3 is 2.62 bits per heavy atom. The fourth-order valence-electron chi connectivity index (χ4n) is 4.52. The third-order valence-corrected chi connectivity index (χ3v) is 6.18. The van der Waals surface area contributed by atoms with Crippen molar-refractivity contribution in [3.05, 3.63) is 106 Å². The molecular formula is C25H19ClN4O2. The normalized spacial score (nSPS) is 18.7. The van der Waals surface area contributed by atoms with Gasteiger partial charge in [-0.3, -0.25) is 0 Å². The van der Waals surface area contributed by atoms with E-state index in [1.165, 1.54) is 0 Å². The van der Waals surface area contributed by atoms with Crippen LogP contribution in [0.3, 0.4) is 0 Å². The lowest BCUT2D eigenvalue weighted by atomic mass is 9.84. The van der Waals surface area contributed by atoms with Crippen molar-refractivity contribution in [2.24, 2.45) is 0 Å². The van der Waals surface area contributed by atoms with Crippen LogP contribution in [0.25, 0.3) is 5.70 Å². The number of benzene rings is 3. The summed E-state index contributed by atoms with van der Waals surface area (Å²) in [5.41, 5.74) is 4.98. The van der Waals surface area contributed by atoms with E-state index >= 15 is 0 Å². The highest BCUT2D eigenvalue weighted by Crippen LogP contribution is 2.51. The van der Waals surface area contributed by atoms with Crippen molar-refractivity contribution in [3.63, 3.8) is 0 Å². The van der Waals surface area contributed by atoms with E-state index in [0.717, 1.165) is 39.5 Å². The molecule has 0 aliphatic carbocycles. The van der Waals surface area contributed by atoms with Crippen LogP contribution in [-0.2, 0) is 0 Å². The van der Waals surface area contributed by atoms with Crippen molar-refractivity contribution in [2.75, 3.05) is 12.4 Å². The predicted octanol–water partition coefficient (Wildman–Crippen LogP) is 5.50. The van der Waals surface area contributed by atoms with Crippen LogP contribution in [0.1, 0.15) is 28.8 Å². The topological polar surface area (TPSA) is 61.2 Å². The Kier molecular flexibility index (Phi) is 4.40. The van der Waals surface area contributed by atoms with Crippen LogP contribution in [0.5, 0.6) is 11.5 Å². The quantitative estimate of drug-likeness (QED) is 0.454. The number of hydrogen-bond acceptors (Lipinski definition) is 5. The molecule has 4 aromatic rings. The summed E-state index contributed by atoms with van der Waals surface area (Å²) in [6.07, 6.45) is 1.18. The number of anilines is 1. The molecule has 3 heterocycles. The first-order chi connectivity index (χ1) is 15.7. The van der Waals surface area contributed by atoms with Gasteiger partial charge in [-0.1, -0.05) is 54.1 Å². The van der Waals surface area contributed by atoms with Gasteiger partial charge >= 0.3 is 0 Å². The second-order valence-electron chi connectivity index (χ2n) is 7.67. The van der Waals surface area contributed by atoms with Crippen molar-refractivity contribution in [2.45, 2.75) is 12.1 Å². The van der Waals surface area contributed by atoms with Gasteiger partial charge in [0.25, 0.3) is 0 Å². The molecule has 1 N–H and O–H groups in total. The molecule has 0 amide bonds. The average Bonchev–Trinajstić information content (AvgIpc) is 3.31. The summed E-state index contributed by atoms with van der Waals surface area (Å²) in [5, 5.41) is 8.73. The Bertz CT molecular complexity index is 1350. The van der Waals surface area contributed by atoms with Gasteiger partial charge in [-0.2, -0.15) is 10.1 Å². The van der Waals surface area contributed by atoms with Crippen molar-refractivity contribution in [3.8, 4) is 11.5 Å². The first-order valence-corrected chi connectivity index (χ1v) is 10.7. The first kappa shape index (κ1) is 19.0. The fourth-order valence-corrected chi connectivity index (χ4v) is 4.65. The highest BCUT2D eigenvalue weighted by atomic mass is 35.5. The minimum Gasteiger partial charge on any atom is -0.496 e. The van der Waals surface area contributed by atoms with E-state index < -0.39 is 0 Å². The summed E-state index contributed by atoms with van der Waals surface area (Å²) in [6, 6.07) is 23.6. The molecule has 2 aliphatic heterocycles. The van der Waals surface area contributed by atoms with Gasteiger partial charge in [0.2, 0.25) is 5.95 Å². The van der Waals surface area contributed by atoms with E-state index in [1.54, 1.807) is 13.4 Å². The second-order valence-corrected chi connectivity index (χ2v) is 8.11. The third kappa shape index (κ3) is 2.87. The zero-order chi connectivity index (χ0) is 21.7. The molecule has 6 nitrogen and oxygen atoms in total. The van der Waals surface area contributed by atoms with E-state index in [-0.39, 0.29) is 12.1 Å². The maximum Gasteiger partial charge on any atom is 0.226 e. The van der Waals surface area contributed by atoms with Gasteiger partial charge in [-0.15, -0.1) is 0 Å². The van der Waals surface area contributed by atoms with E-state index in [9.17, 15) is 0 Å². The molecule has 0 bridgehead atoms. The first-order valence-electron chi connectivity index (χ1n) is 10.3. The number of ether oxygens (including phenoxy) is 2. The highest BCUT2D eigenvalue weighted by molar-refractivity contribution is 6.30. The monoisotopic (exact) mass is 442 g/mol. The zero-order valence-corrected chi connectivity index (χ0v) is 18.0. The molecule has 0 spiro atoms. The summed E-state index contributed by atoms with van der Waals surface area (Å²) in [4.78, 5) is 4.46. The largest absolute Gasteiger partial charge is 0.496 e. The minimum atomic E-state index is -0.387. The van der Waals surface area contributed by atoms with Crippen LogP contribution in [0.2, 0.25) is 5.02 Å². The SMILES string of the molecule is COc1ccccc1[C@H]1Oc2ccccc2C2=C1[C@@H](c1ccc(Cl)cc1)n1ncnc1N2. The second kappa shape index (κ2) is 7.43. The summed E-state index contributed by atoms with van der Waals surface area (Å²) in [5.74, 6) is 2.25. The number of methoxy groups -OCH3 is 1. The smallest absolute Gasteiger partial charge is 0.226 e. The van der Waals surface area contributed by atoms with Gasteiger partial charge in [0.05, 0.1) is 12.8 Å². The average molecular weight is 443 g/mol. The maximum atomic E-state index is 6.63. The molecule has 2 aliphatic rings. The Hall–Kier alpha value is -3.77. The number of para-hydroxylation sites is 2. The number of fused-ring (bicyclic) bond motifs is 3. The molecule has 0 fully saturated rings. The molecule has 6 rings (SSSR count). The molecule has 158 valence electrons. The van der Waals surface area contributed by atoms with E-state index in [2.05, 4.69) is 21.5 Å². The summed E-state index contributed by atoms with van der Waals surface area (Å²) < 4.78 is 14.2. The maximum absolute atomic E-state index is 6.63. The van der Waals surface area contributed by atoms with Crippen molar-refractivity contribution in [1.29, 1.82) is 0 Å². The van der Waals surface area contributed by atoms with Crippen LogP contribution >= 0.6 is 11.6 Å². The molecule has 0 unspecified atom stereocenters. The molecule has 3 aromatic carbocycles. The van der Waals surface area contributed by atoms with Crippen molar-refractivity contribution < 1.29 is 9.47 Å². The molecule has 1 aromatic heterocycles. The summed E-state index contributed by atoms with van der Waals surface area (Å²) in [7, 11) is 1.68. The Labute approximate surface area is 190 Å². The number of halogens is 1. The van der Waals surface area contributed by atoms with Crippen molar-refractivity contribution in [1.82, 2.24) is 14.8 Å². The Morgan fingerprint density at radius 2 is 1.78 bits per heavy atom. The zero-order valence-electron chi connectivity index (χ0n) is 17.2. The number of hydrogen-bond donors (Lipinski definition) is 1. The standard InChI is InChI=1S/C25H19ClN4O2/c1-31-19-8-4-3-7-18(19)24-21-22(17-6-2-5-9-20(17)32-24)29-25-27-14-28-30(25)23(21)15-10-12-16(26)13-11-15/h2-14,23-24H,1H3,(H,27,28,29)/t23-,24-/m1/s1. The minimum absolute atomic E-state index is 0.232. The molecule has 2 atom stereocenters. The number of aromatic nitrogens is 3. The number of nitrogens with one attached hydrogen (secondary N) is 1. The van der Waals surface area contributed by atoms with Crippen LogP contribution in [0, 0.1) is 0 Å². The van der Waals surface area contributed by atoms with Crippen molar-refractivity contribution >= 4 is 23.2 Å². The Balaban J connectivity index is 1.64. The molecule has 0 radical (unpaired) electrons. The molecule has 0 saturated carbocycles. The van der Waals surface area contributed by atoms with Gasteiger partial charge in [-0.25, -0.2) is 4.68 Å². The van der Waals surface area contributed by atoms with Crippen LogP contribution in [0.15, 0.2) is 84.7 Å². The van der Waals surface area contributed by atoms with Crippen LogP contribution < -0.4 is 14.8 Å². The van der Waals surface area contributed by atoms with Crippen LogP contribution in [0.4, 0.5) is 5.95 Å². The molecule has 0 saturated heterocycles. The van der Waals surface area contributed by atoms with Gasteiger partial charge in [0.1, 0.15) is 23.9 Å².